The molecule has 2 aliphatic rings. The van der Waals surface area contributed by atoms with E-state index in [0.29, 0.717) is 23.4 Å². The lowest BCUT2D eigenvalue weighted by Crippen LogP contribution is -2.22. The lowest BCUT2D eigenvalue weighted by molar-refractivity contribution is 0.0814. The van der Waals surface area contributed by atoms with Crippen molar-refractivity contribution < 1.29 is 13.5 Å². The van der Waals surface area contributed by atoms with E-state index in [-0.39, 0.29) is 0 Å². The largest absolute Gasteiger partial charge is 0.487 e. The summed E-state index contributed by atoms with van der Waals surface area (Å²) in [6, 6.07) is 8.05. The summed E-state index contributed by atoms with van der Waals surface area (Å²) in [6.07, 6.45) is 4.42. The Bertz CT molecular complexity index is 1010. The van der Waals surface area contributed by atoms with Gasteiger partial charge in [-0.1, -0.05) is 6.07 Å². The number of rotatable bonds is 7. The standard InChI is InChI=1S/C21H23F2N5O/c22-19(23)12-29-18-8-21-25-10-17(28(21)11-15(18)13-4-5-13)16-2-1-3-20(27-16)26-14-6-7-24-9-14/h1-3,8,10-11,13-14,19,24H,4-7,9,12H2,(H,26,27). The smallest absolute Gasteiger partial charge is 0.272 e. The molecule has 0 amide bonds. The number of hydrogen-bond donors (Lipinski definition) is 2. The number of halogens is 2. The van der Waals surface area contributed by atoms with Crippen LogP contribution in [0.15, 0.2) is 36.7 Å². The number of imidazole rings is 1. The molecule has 2 fully saturated rings. The van der Waals surface area contributed by atoms with E-state index in [2.05, 4.69) is 15.6 Å². The monoisotopic (exact) mass is 399 g/mol. The molecule has 29 heavy (non-hydrogen) atoms. The number of ether oxygens (including phenoxy) is 1. The Morgan fingerprint density at radius 1 is 1.28 bits per heavy atom. The number of hydrogen-bond acceptors (Lipinski definition) is 5. The van der Waals surface area contributed by atoms with Gasteiger partial charge in [0.05, 0.1) is 17.6 Å². The highest BCUT2D eigenvalue weighted by Crippen LogP contribution is 2.45. The lowest BCUT2D eigenvalue weighted by atomic mass is 10.1. The molecule has 1 aliphatic carbocycles. The highest BCUT2D eigenvalue weighted by Gasteiger charge is 2.28. The molecule has 1 unspecified atom stereocenters. The molecule has 3 aromatic heterocycles. The number of alkyl halides is 2. The van der Waals surface area contributed by atoms with Gasteiger partial charge in [-0.05, 0) is 43.9 Å². The van der Waals surface area contributed by atoms with Crippen LogP contribution in [-0.2, 0) is 0 Å². The molecular formula is C21H23F2N5O. The van der Waals surface area contributed by atoms with E-state index < -0.39 is 13.0 Å². The first-order valence-corrected chi connectivity index (χ1v) is 10.0. The molecule has 0 spiro atoms. The van der Waals surface area contributed by atoms with Crippen LogP contribution in [0.3, 0.4) is 0 Å². The van der Waals surface area contributed by atoms with E-state index >= 15 is 0 Å². The van der Waals surface area contributed by atoms with Gasteiger partial charge in [-0.25, -0.2) is 18.7 Å². The maximum atomic E-state index is 12.6. The molecule has 0 radical (unpaired) electrons. The molecule has 1 atom stereocenters. The minimum Gasteiger partial charge on any atom is -0.487 e. The highest BCUT2D eigenvalue weighted by molar-refractivity contribution is 5.64. The number of fused-ring (bicyclic) bond motifs is 1. The second-order valence-electron chi connectivity index (χ2n) is 7.68. The van der Waals surface area contributed by atoms with E-state index in [1.54, 1.807) is 12.3 Å². The molecule has 8 heteroatoms. The predicted octanol–water partition coefficient (Wildman–Crippen LogP) is 3.69. The number of pyridine rings is 2. The molecule has 1 aliphatic heterocycles. The van der Waals surface area contributed by atoms with Gasteiger partial charge < -0.3 is 15.4 Å². The van der Waals surface area contributed by atoms with Gasteiger partial charge in [-0.2, -0.15) is 0 Å². The van der Waals surface area contributed by atoms with Crippen molar-refractivity contribution >= 4 is 11.5 Å². The molecule has 4 heterocycles. The summed E-state index contributed by atoms with van der Waals surface area (Å²) in [5, 5.41) is 6.81. The Morgan fingerprint density at radius 2 is 2.17 bits per heavy atom. The van der Waals surface area contributed by atoms with Crippen LogP contribution in [0.2, 0.25) is 0 Å². The number of nitrogens with one attached hydrogen (secondary N) is 2. The van der Waals surface area contributed by atoms with Gasteiger partial charge in [0.15, 0.2) is 0 Å². The van der Waals surface area contributed by atoms with Gasteiger partial charge in [-0.15, -0.1) is 0 Å². The number of nitrogens with zero attached hydrogens (tertiary/aromatic N) is 3. The zero-order chi connectivity index (χ0) is 19.8. The Morgan fingerprint density at radius 3 is 2.93 bits per heavy atom. The van der Waals surface area contributed by atoms with Gasteiger partial charge in [0.25, 0.3) is 6.43 Å². The predicted molar refractivity (Wildman–Crippen MR) is 107 cm³/mol. The fraction of sp³-hybridized carbons (Fsp3) is 0.429. The van der Waals surface area contributed by atoms with E-state index in [4.69, 9.17) is 9.72 Å². The minimum absolute atomic E-state index is 0.359. The van der Waals surface area contributed by atoms with Crippen molar-refractivity contribution in [2.24, 2.45) is 0 Å². The average Bonchev–Trinajstić information content (AvgIpc) is 3.28. The van der Waals surface area contributed by atoms with Crippen molar-refractivity contribution in [2.45, 2.75) is 37.6 Å². The molecule has 3 aromatic rings. The third-order valence-corrected chi connectivity index (χ3v) is 5.44. The fourth-order valence-electron chi connectivity index (χ4n) is 3.83. The van der Waals surface area contributed by atoms with Gasteiger partial charge in [-0.3, -0.25) is 4.40 Å². The van der Waals surface area contributed by atoms with Crippen molar-refractivity contribution in [3.63, 3.8) is 0 Å². The van der Waals surface area contributed by atoms with E-state index in [0.717, 1.165) is 55.1 Å². The molecule has 2 N–H and O–H groups in total. The fourth-order valence-corrected chi connectivity index (χ4v) is 3.83. The molecule has 5 rings (SSSR count). The van der Waals surface area contributed by atoms with Crippen molar-refractivity contribution in [3.05, 3.63) is 42.2 Å². The minimum atomic E-state index is -2.50. The van der Waals surface area contributed by atoms with Crippen molar-refractivity contribution in [2.75, 3.05) is 25.0 Å². The Labute approximate surface area is 167 Å². The SMILES string of the molecule is FC(F)COc1cc2ncc(-c3cccc(NC4CCNC4)n3)n2cc1C1CC1. The van der Waals surface area contributed by atoms with Crippen LogP contribution >= 0.6 is 0 Å². The summed E-state index contributed by atoms with van der Waals surface area (Å²) < 4.78 is 32.6. The first-order chi connectivity index (χ1) is 14.2. The highest BCUT2D eigenvalue weighted by atomic mass is 19.3. The van der Waals surface area contributed by atoms with Crippen LogP contribution in [0.25, 0.3) is 17.0 Å². The van der Waals surface area contributed by atoms with Gasteiger partial charge in [0.2, 0.25) is 0 Å². The number of anilines is 1. The van der Waals surface area contributed by atoms with E-state index in [9.17, 15) is 8.78 Å². The zero-order valence-electron chi connectivity index (χ0n) is 15.9. The van der Waals surface area contributed by atoms with Crippen LogP contribution in [0, 0.1) is 0 Å². The summed E-state index contributed by atoms with van der Waals surface area (Å²) in [7, 11) is 0. The van der Waals surface area contributed by atoms with Crippen molar-refractivity contribution in [1.82, 2.24) is 19.7 Å². The molecule has 1 saturated carbocycles. The van der Waals surface area contributed by atoms with Gasteiger partial charge >= 0.3 is 0 Å². The lowest BCUT2D eigenvalue weighted by Gasteiger charge is -2.14. The van der Waals surface area contributed by atoms with Gasteiger partial charge in [0, 0.05) is 30.4 Å². The number of aromatic nitrogens is 3. The Kier molecular flexibility index (Phi) is 4.79. The van der Waals surface area contributed by atoms with Crippen molar-refractivity contribution in [3.8, 4) is 17.1 Å². The topological polar surface area (TPSA) is 63.5 Å². The summed E-state index contributed by atoms with van der Waals surface area (Å²) in [6.45, 7) is 1.35. The molecule has 6 nitrogen and oxygen atoms in total. The Hall–Kier alpha value is -2.74. The van der Waals surface area contributed by atoms with Crippen LogP contribution in [-0.4, -0.2) is 46.5 Å². The van der Waals surface area contributed by atoms with Crippen LogP contribution < -0.4 is 15.4 Å². The quantitative estimate of drug-likeness (QED) is 0.634. The third-order valence-electron chi connectivity index (χ3n) is 5.44. The maximum absolute atomic E-state index is 12.6. The summed E-state index contributed by atoms with van der Waals surface area (Å²) in [4.78, 5) is 9.23. The first kappa shape index (κ1) is 18.3. The van der Waals surface area contributed by atoms with Crippen molar-refractivity contribution in [1.29, 1.82) is 0 Å². The molecule has 0 aromatic carbocycles. The molecule has 152 valence electrons. The normalized spacial score (nSPS) is 19.2. The average molecular weight is 399 g/mol. The molecule has 1 saturated heterocycles. The second-order valence-corrected chi connectivity index (χ2v) is 7.68. The summed E-state index contributed by atoms with van der Waals surface area (Å²) in [5.41, 5.74) is 3.31. The Balaban J connectivity index is 1.48. The maximum Gasteiger partial charge on any atom is 0.272 e. The van der Waals surface area contributed by atoms with E-state index in [1.807, 2.05) is 28.8 Å². The van der Waals surface area contributed by atoms with Crippen LogP contribution in [0.1, 0.15) is 30.7 Å². The third kappa shape index (κ3) is 3.89. The van der Waals surface area contributed by atoms with Crippen LogP contribution in [0.5, 0.6) is 5.75 Å². The van der Waals surface area contributed by atoms with Gasteiger partial charge in [0.1, 0.15) is 23.8 Å². The summed E-state index contributed by atoms with van der Waals surface area (Å²) >= 11 is 0. The molecular weight excluding hydrogens is 376 g/mol. The zero-order valence-corrected chi connectivity index (χ0v) is 15.9. The first-order valence-electron chi connectivity index (χ1n) is 10.0. The summed E-state index contributed by atoms with van der Waals surface area (Å²) in [5.74, 6) is 1.71. The van der Waals surface area contributed by atoms with Crippen LogP contribution in [0.4, 0.5) is 14.6 Å². The van der Waals surface area contributed by atoms with E-state index in [1.165, 1.54) is 0 Å². The second kappa shape index (κ2) is 7.59. The molecule has 0 bridgehead atoms.